The first-order chi connectivity index (χ1) is 14.5. The van der Waals surface area contributed by atoms with Crippen LogP contribution in [0.3, 0.4) is 0 Å². The number of amides is 2. The van der Waals surface area contributed by atoms with Crippen LogP contribution in [0, 0.1) is 0 Å². The summed E-state index contributed by atoms with van der Waals surface area (Å²) in [5, 5.41) is 3.31. The van der Waals surface area contributed by atoms with Gasteiger partial charge in [-0.1, -0.05) is 11.6 Å². The molecule has 4 rings (SSSR count). The van der Waals surface area contributed by atoms with E-state index in [0.29, 0.717) is 59.8 Å². The second-order valence-corrected chi connectivity index (χ2v) is 7.62. The van der Waals surface area contributed by atoms with Crippen molar-refractivity contribution in [3.8, 4) is 17.2 Å². The lowest BCUT2D eigenvalue weighted by atomic mass is 10.1. The first kappa shape index (κ1) is 20.3. The molecule has 0 atom stereocenters. The van der Waals surface area contributed by atoms with Crippen LogP contribution >= 0.6 is 11.6 Å². The molecule has 7 nitrogen and oxygen atoms in total. The fraction of sp³-hybridized carbons (Fsp3) is 0.364. The van der Waals surface area contributed by atoms with Gasteiger partial charge in [-0.25, -0.2) is 0 Å². The third-order valence-electron chi connectivity index (χ3n) is 5.05. The molecule has 0 aliphatic carbocycles. The Morgan fingerprint density at radius 2 is 2.03 bits per heavy atom. The summed E-state index contributed by atoms with van der Waals surface area (Å²) in [6.07, 6.45) is 2.23. The van der Waals surface area contributed by atoms with Gasteiger partial charge in [0, 0.05) is 25.1 Å². The van der Waals surface area contributed by atoms with E-state index in [1.807, 2.05) is 0 Å². The van der Waals surface area contributed by atoms with Crippen LogP contribution in [-0.2, 0) is 16.0 Å². The van der Waals surface area contributed by atoms with Gasteiger partial charge >= 0.3 is 0 Å². The van der Waals surface area contributed by atoms with Crippen molar-refractivity contribution in [2.45, 2.75) is 25.7 Å². The topological polar surface area (TPSA) is 77.1 Å². The van der Waals surface area contributed by atoms with Gasteiger partial charge < -0.3 is 24.4 Å². The zero-order chi connectivity index (χ0) is 21.1. The molecule has 0 saturated carbocycles. The van der Waals surface area contributed by atoms with E-state index in [1.165, 1.54) is 0 Å². The predicted octanol–water partition coefficient (Wildman–Crippen LogP) is 3.82. The van der Waals surface area contributed by atoms with E-state index in [1.54, 1.807) is 42.3 Å². The molecule has 1 fully saturated rings. The number of methoxy groups -OCH3 is 1. The van der Waals surface area contributed by atoms with E-state index < -0.39 is 0 Å². The molecule has 8 heteroatoms. The lowest BCUT2D eigenvalue weighted by molar-refractivity contribution is -0.117. The lowest BCUT2D eigenvalue weighted by Crippen LogP contribution is -2.24. The van der Waals surface area contributed by atoms with Crippen molar-refractivity contribution in [1.82, 2.24) is 0 Å². The molecule has 0 spiro atoms. The van der Waals surface area contributed by atoms with Gasteiger partial charge in [-0.3, -0.25) is 9.59 Å². The largest absolute Gasteiger partial charge is 0.495 e. The van der Waals surface area contributed by atoms with Gasteiger partial charge in [0.2, 0.25) is 11.8 Å². The maximum atomic E-state index is 12.6. The quantitative estimate of drug-likeness (QED) is 0.780. The van der Waals surface area contributed by atoms with Crippen LogP contribution in [0.5, 0.6) is 17.2 Å². The van der Waals surface area contributed by atoms with Crippen LogP contribution in [0.1, 0.15) is 24.8 Å². The van der Waals surface area contributed by atoms with Crippen molar-refractivity contribution in [2.75, 3.05) is 37.1 Å². The van der Waals surface area contributed by atoms with Crippen molar-refractivity contribution in [2.24, 2.45) is 0 Å². The SMILES string of the molecule is COc1ccc(NC(=O)Cc2cc(Cl)c3c(c2)OCCCO3)cc1N1CCCC1=O. The number of carbonyl (C=O) groups is 2. The summed E-state index contributed by atoms with van der Waals surface area (Å²) in [5.74, 6) is 1.52. The summed E-state index contributed by atoms with van der Waals surface area (Å²) < 4.78 is 16.7. The Kier molecular flexibility index (Phi) is 5.99. The smallest absolute Gasteiger partial charge is 0.228 e. The van der Waals surface area contributed by atoms with E-state index in [0.717, 1.165) is 18.4 Å². The minimum atomic E-state index is -0.204. The standard InChI is InChI=1S/C22H23ClN2O5/c1-28-18-6-5-15(13-17(18)25-7-2-4-21(25)27)24-20(26)12-14-10-16(23)22-19(11-14)29-8-3-9-30-22/h5-6,10-11,13H,2-4,7-9,12H2,1H3,(H,24,26). The first-order valence-electron chi connectivity index (χ1n) is 9.91. The van der Waals surface area contributed by atoms with E-state index in [2.05, 4.69) is 5.32 Å². The molecule has 2 aromatic rings. The van der Waals surface area contributed by atoms with Gasteiger partial charge in [-0.2, -0.15) is 0 Å². The molecular formula is C22H23ClN2O5. The van der Waals surface area contributed by atoms with Crippen molar-refractivity contribution in [1.29, 1.82) is 0 Å². The Morgan fingerprint density at radius 1 is 1.20 bits per heavy atom. The lowest BCUT2D eigenvalue weighted by Gasteiger charge is -2.20. The molecule has 0 unspecified atom stereocenters. The molecule has 2 aliphatic heterocycles. The predicted molar refractivity (Wildman–Crippen MR) is 114 cm³/mol. The summed E-state index contributed by atoms with van der Waals surface area (Å²) in [7, 11) is 1.56. The Labute approximate surface area is 179 Å². The van der Waals surface area contributed by atoms with Crippen molar-refractivity contribution >= 4 is 34.8 Å². The molecule has 2 aromatic carbocycles. The molecule has 0 aromatic heterocycles. The molecule has 0 bridgehead atoms. The number of halogens is 1. The first-order valence-corrected chi connectivity index (χ1v) is 10.3. The average molecular weight is 431 g/mol. The Morgan fingerprint density at radius 3 is 2.80 bits per heavy atom. The fourth-order valence-corrected chi connectivity index (χ4v) is 3.95. The molecule has 1 saturated heterocycles. The highest BCUT2D eigenvalue weighted by Crippen LogP contribution is 2.38. The molecule has 2 heterocycles. The number of rotatable bonds is 5. The zero-order valence-corrected chi connectivity index (χ0v) is 17.5. The number of hydrogen-bond acceptors (Lipinski definition) is 5. The highest BCUT2D eigenvalue weighted by atomic mass is 35.5. The summed E-state index contributed by atoms with van der Waals surface area (Å²) >= 11 is 6.32. The third-order valence-corrected chi connectivity index (χ3v) is 5.33. The third kappa shape index (κ3) is 4.31. The zero-order valence-electron chi connectivity index (χ0n) is 16.7. The van der Waals surface area contributed by atoms with E-state index in [9.17, 15) is 9.59 Å². The highest BCUT2D eigenvalue weighted by Gasteiger charge is 2.25. The van der Waals surface area contributed by atoms with Crippen LogP contribution in [0.4, 0.5) is 11.4 Å². The second kappa shape index (κ2) is 8.83. The summed E-state index contributed by atoms with van der Waals surface area (Å²) in [5.41, 5.74) is 1.98. The molecule has 2 aliphatic rings. The van der Waals surface area contributed by atoms with Gasteiger partial charge in [0.25, 0.3) is 0 Å². The van der Waals surface area contributed by atoms with Crippen LogP contribution in [0.25, 0.3) is 0 Å². The Hall–Kier alpha value is -2.93. The Bertz CT molecular complexity index is 978. The van der Waals surface area contributed by atoms with E-state index >= 15 is 0 Å². The van der Waals surface area contributed by atoms with Crippen LogP contribution in [-0.4, -0.2) is 38.7 Å². The maximum Gasteiger partial charge on any atom is 0.228 e. The van der Waals surface area contributed by atoms with Crippen molar-refractivity contribution in [3.05, 3.63) is 40.9 Å². The van der Waals surface area contributed by atoms with Crippen LogP contribution in [0.15, 0.2) is 30.3 Å². The number of hydrogen-bond donors (Lipinski definition) is 1. The number of carbonyl (C=O) groups excluding carboxylic acids is 2. The molecular weight excluding hydrogens is 408 g/mol. The summed E-state index contributed by atoms with van der Waals surface area (Å²) in [6.45, 7) is 1.73. The molecule has 30 heavy (non-hydrogen) atoms. The summed E-state index contributed by atoms with van der Waals surface area (Å²) in [6, 6.07) is 8.77. The number of benzene rings is 2. The average Bonchev–Trinajstić information content (AvgIpc) is 3.00. The normalized spacial score (nSPS) is 15.7. The summed E-state index contributed by atoms with van der Waals surface area (Å²) in [4.78, 5) is 26.5. The number of fused-ring (bicyclic) bond motifs is 1. The van der Waals surface area contributed by atoms with E-state index in [-0.39, 0.29) is 18.2 Å². The monoisotopic (exact) mass is 430 g/mol. The van der Waals surface area contributed by atoms with Crippen molar-refractivity contribution in [3.63, 3.8) is 0 Å². The molecule has 2 amide bonds. The number of nitrogens with zero attached hydrogens (tertiary/aromatic N) is 1. The maximum absolute atomic E-state index is 12.6. The highest BCUT2D eigenvalue weighted by molar-refractivity contribution is 6.32. The molecule has 158 valence electrons. The number of anilines is 2. The van der Waals surface area contributed by atoms with E-state index in [4.69, 9.17) is 25.8 Å². The molecule has 0 radical (unpaired) electrons. The Balaban J connectivity index is 1.50. The van der Waals surface area contributed by atoms with Crippen LogP contribution in [0.2, 0.25) is 5.02 Å². The van der Waals surface area contributed by atoms with Gasteiger partial charge in [0.05, 0.1) is 37.5 Å². The van der Waals surface area contributed by atoms with Gasteiger partial charge in [0.15, 0.2) is 11.5 Å². The van der Waals surface area contributed by atoms with Crippen molar-refractivity contribution < 1.29 is 23.8 Å². The van der Waals surface area contributed by atoms with Gasteiger partial charge in [0.1, 0.15) is 5.75 Å². The number of nitrogens with one attached hydrogen (secondary N) is 1. The number of ether oxygens (including phenoxy) is 3. The molecule has 1 N–H and O–H groups in total. The second-order valence-electron chi connectivity index (χ2n) is 7.22. The van der Waals surface area contributed by atoms with Crippen LogP contribution < -0.4 is 24.4 Å². The van der Waals surface area contributed by atoms with Gasteiger partial charge in [-0.15, -0.1) is 0 Å². The van der Waals surface area contributed by atoms with Gasteiger partial charge in [-0.05, 0) is 42.3 Å². The minimum absolute atomic E-state index is 0.0543. The fourth-order valence-electron chi connectivity index (χ4n) is 3.66. The minimum Gasteiger partial charge on any atom is -0.495 e.